The molecule has 0 saturated heterocycles. The first-order valence-electron chi connectivity index (χ1n) is 13.7. The maximum absolute atomic E-state index is 12.2. The molecule has 0 aliphatic heterocycles. The standard InChI is InChI=1S/C31H29N7O5S2/c1-18-8-11-20(12-9-18)33-31(45)38-28-34-27(37-30(44)32-15-14-19-10-13-23(40-2)25(16-19)41-3)35-29(36-28)43-24-17-26(39)42-22-7-5-4-6-21(22)24/h4-13,16-17H,14-15H2,1-3H3,(H4,32,33,34,35,36,37,38,44,45). The molecule has 12 nitrogen and oxygen atoms in total. The quantitative estimate of drug-likeness (QED) is 0.113. The summed E-state index contributed by atoms with van der Waals surface area (Å²) >= 11 is 11.0. The summed E-state index contributed by atoms with van der Waals surface area (Å²) in [6.45, 7) is 2.51. The smallest absolute Gasteiger partial charge is 0.339 e. The number of hydrogen-bond donors (Lipinski definition) is 4. The number of nitrogens with zero attached hydrogens (tertiary/aromatic N) is 3. The summed E-state index contributed by atoms with van der Waals surface area (Å²) in [7, 11) is 3.18. The third kappa shape index (κ3) is 8.40. The maximum Gasteiger partial charge on any atom is 0.339 e. The van der Waals surface area contributed by atoms with Crippen LogP contribution in [0, 0.1) is 6.92 Å². The molecule has 0 aliphatic carbocycles. The minimum absolute atomic E-state index is 0.0764. The van der Waals surface area contributed by atoms with Gasteiger partial charge in [0.15, 0.2) is 21.7 Å². The molecule has 0 radical (unpaired) electrons. The number of nitrogens with one attached hydrogen (secondary N) is 4. The lowest BCUT2D eigenvalue weighted by molar-refractivity contribution is 0.354. The third-order valence-corrected chi connectivity index (χ3v) is 6.79. The Morgan fingerprint density at radius 1 is 0.800 bits per heavy atom. The molecule has 0 unspecified atom stereocenters. The van der Waals surface area contributed by atoms with Crippen LogP contribution in [0.3, 0.4) is 0 Å². The van der Waals surface area contributed by atoms with Crippen molar-refractivity contribution in [2.24, 2.45) is 0 Å². The van der Waals surface area contributed by atoms with Crippen LogP contribution in [0.5, 0.6) is 23.3 Å². The molecular weight excluding hydrogens is 615 g/mol. The van der Waals surface area contributed by atoms with E-state index in [-0.39, 0.29) is 33.9 Å². The Labute approximate surface area is 269 Å². The zero-order valence-electron chi connectivity index (χ0n) is 24.5. The molecule has 0 bridgehead atoms. The second-order valence-corrected chi connectivity index (χ2v) is 10.4. The van der Waals surface area contributed by atoms with Crippen LogP contribution >= 0.6 is 24.4 Å². The van der Waals surface area contributed by atoms with E-state index in [9.17, 15) is 4.79 Å². The number of methoxy groups -OCH3 is 2. The highest BCUT2D eigenvalue weighted by molar-refractivity contribution is 7.80. The summed E-state index contributed by atoms with van der Waals surface area (Å²) in [6, 6.07) is 21.5. The summed E-state index contributed by atoms with van der Waals surface area (Å²) < 4.78 is 21.9. The fraction of sp³-hybridized carbons (Fsp3) is 0.161. The van der Waals surface area contributed by atoms with Crippen LogP contribution in [0.2, 0.25) is 0 Å². The Kier molecular flexibility index (Phi) is 9.97. The van der Waals surface area contributed by atoms with E-state index in [1.807, 2.05) is 49.4 Å². The third-order valence-electron chi connectivity index (χ3n) is 6.34. The van der Waals surface area contributed by atoms with Crippen molar-refractivity contribution in [1.29, 1.82) is 0 Å². The SMILES string of the molecule is COc1ccc(CCNC(=S)Nc2nc(NC(=S)Nc3ccc(C)cc3)nc(Oc3cc(=O)oc4ccccc34)n2)cc1OC. The average molecular weight is 644 g/mol. The van der Waals surface area contributed by atoms with E-state index in [1.54, 1.807) is 38.5 Å². The van der Waals surface area contributed by atoms with Crippen molar-refractivity contribution in [2.75, 3.05) is 36.7 Å². The Morgan fingerprint density at radius 2 is 1.51 bits per heavy atom. The van der Waals surface area contributed by atoms with Crippen LogP contribution < -0.4 is 41.1 Å². The van der Waals surface area contributed by atoms with Crippen molar-refractivity contribution in [1.82, 2.24) is 20.3 Å². The first-order chi connectivity index (χ1) is 21.8. The lowest BCUT2D eigenvalue weighted by Gasteiger charge is -2.14. The molecule has 3 aromatic carbocycles. The van der Waals surface area contributed by atoms with Crippen LogP contribution in [0.25, 0.3) is 11.0 Å². The second-order valence-electron chi connectivity index (χ2n) is 9.56. The van der Waals surface area contributed by atoms with Crippen LogP contribution in [0.4, 0.5) is 17.6 Å². The fourth-order valence-electron chi connectivity index (χ4n) is 4.18. The second kappa shape index (κ2) is 14.4. The summed E-state index contributed by atoms with van der Waals surface area (Å²) in [4.78, 5) is 25.3. The predicted octanol–water partition coefficient (Wildman–Crippen LogP) is 5.43. The first kappa shape index (κ1) is 31.1. The number of para-hydroxylation sites is 1. The van der Waals surface area contributed by atoms with E-state index in [1.165, 1.54) is 6.07 Å². The molecule has 0 spiro atoms. The van der Waals surface area contributed by atoms with Gasteiger partial charge in [-0.2, -0.15) is 15.0 Å². The van der Waals surface area contributed by atoms with Crippen molar-refractivity contribution in [2.45, 2.75) is 13.3 Å². The highest BCUT2D eigenvalue weighted by Crippen LogP contribution is 2.28. The van der Waals surface area contributed by atoms with Gasteiger partial charge in [-0.25, -0.2) is 4.79 Å². The van der Waals surface area contributed by atoms with Gasteiger partial charge in [-0.1, -0.05) is 35.9 Å². The van der Waals surface area contributed by atoms with Crippen molar-refractivity contribution >= 4 is 63.2 Å². The van der Waals surface area contributed by atoms with Gasteiger partial charge in [-0.05, 0) is 79.7 Å². The summed E-state index contributed by atoms with van der Waals surface area (Å²) in [5.74, 6) is 1.67. The van der Waals surface area contributed by atoms with E-state index in [4.69, 9.17) is 43.1 Å². The highest BCUT2D eigenvalue weighted by atomic mass is 32.1. The monoisotopic (exact) mass is 643 g/mol. The number of fused-ring (bicyclic) bond motifs is 1. The van der Waals surface area contributed by atoms with E-state index in [2.05, 4.69) is 36.2 Å². The zero-order valence-corrected chi connectivity index (χ0v) is 26.2. The summed E-state index contributed by atoms with van der Waals surface area (Å²) in [5, 5.41) is 13.2. The molecule has 14 heteroatoms. The number of aryl methyl sites for hydroxylation is 1. The van der Waals surface area contributed by atoms with Gasteiger partial charge in [0.2, 0.25) is 11.9 Å². The van der Waals surface area contributed by atoms with Gasteiger partial charge in [0.25, 0.3) is 0 Å². The Balaban J connectivity index is 1.33. The van der Waals surface area contributed by atoms with Crippen molar-refractivity contribution in [3.8, 4) is 23.3 Å². The average Bonchev–Trinajstić information content (AvgIpc) is 3.02. The van der Waals surface area contributed by atoms with E-state index in [0.717, 1.165) is 16.8 Å². The van der Waals surface area contributed by atoms with Gasteiger partial charge < -0.3 is 39.9 Å². The number of thiocarbonyl (C=S) groups is 2. The van der Waals surface area contributed by atoms with E-state index < -0.39 is 5.63 Å². The fourth-order valence-corrected chi connectivity index (χ4v) is 4.58. The minimum atomic E-state index is -0.585. The first-order valence-corrected chi connectivity index (χ1v) is 14.5. The van der Waals surface area contributed by atoms with Gasteiger partial charge in [0, 0.05) is 12.2 Å². The minimum Gasteiger partial charge on any atom is -0.493 e. The number of anilines is 3. The molecule has 2 aromatic heterocycles. The van der Waals surface area contributed by atoms with Crippen LogP contribution in [0.1, 0.15) is 11.1 Å². The maximum atomic E-state index is 12.2. The summed E-state index contributed by atoms with van der Waals surface area (Å²) in [5.41, 5.74) is 2.70. The van der Waals surface area contributed by atoms with Crippen LogP contribution in [-0.4, -0.2) is 45.9 Å². The molecule has 45 heavy (non-hydrogen) atoms. The molecule has 4 N–H and O–H groups in total. The summed E-state index contributed by atoms with van der Waals surface area (Å²) in [6.07, 6.45) is 0.656. The number of aromatic nitrogens is 3. The topological polar surface area (TPSA) is 145 Å². The Hall–Kier alpha value is -5.34. The molecule has 0 amide bonds. The number of ether oxygens (including phenoxy) is 3. The number of hydrogen-bond acceptors (Lipinski definition) is 10. The molecule has 0 atom stereocenters. The highest BCUT2D eigenvalue weighted by Gasteiger charge is 2.14. The van der Waals surface area contributed by atoms with Crippen molar-refractivity contribution in [3.05, 3.63) is 94.3 Å². The van der Waals surface area contributed by atoms with Crippen LogP contribution in [0.15, 0.2) is 82.0 Å². The predicted molar refractivity (Wildman–Crippen MR) is 181 cm³/mol. The Morgan fingerprint density at radius 3 is 2.24 bits per heavy atom. The zero-order chi connectivity index (χ0) is 31.8. The molecule has 5 aromatic rings. The van der Waals surface area contributed by atoms with Gasteiger partial charge in [0.05, 0.1) is 25.7 Å². The van der Waals surface area contributed by atoms with E-state index in [0.29, 0.717) is 35.4 Å². The van der Waals surface area contributed by atoms with Crippen molar-refractivity contribution in [3.63, 3.8) is 0 Å². The van der Waals surface area contributed by atoms with Gasteiger partial charge >= 0.3 is 11.6 Å². The number of rotatable bonds is 10. The van der Waals surface area contributed by atoms with Gasteiger partial charge in [-0.3, -0.25) is 0 Å². The molecule has 0 saturated carbocycles. The molecule has 5 rings (SSSR count). The molecule has 2 heterocycles. The largest absolute Gasteiger partial charge is 0.493 e. The molecule has 230 valence electrons. The van der Waals surface area contributed by atoms with E-state index >= 15 is 0 Å². The number of benzene rings is 3. The normalized spacial score (nSPS) is 10.6. The molecular formula is C31H29N7O5S2. The lowest BCUT2D eigenvalue weighted by Crippen LogP contribution is -2.31. The molecule has 0 aliphatic rings. The van der Waals surface area contributed by atoms with Crippen LogP contribution in [-0.2, 0) is 6.42 Å². The Bertz CT molecular complexity index is 1900. The molecule has 0 fully saturated rings. The lowest BCUT2D eigenvalue weighted by atomic mass is 10.1. The van der Waals surface area contributed by atoms with Gasteiger partial charge in [-0.15, -0.1) is 0 Å². The van der Waals surface area contributed by atoms with Gasteiger partial charge in [0.1, 0.15) is 11.3 Å². The van der Waals surface area contributed by atoms with Crippen molar-refractivity contribution < 1.29 is 18.6 Å².